The van der Waals surface area contributed by atoms with Crippen LogP contribution in [0.25, 0.3) is 16.5 Å². The molecule has 0 saturated carbocycles. The number of ether oxygens (including phenoxy) is 1. The van der Waals surface area contributed by atoms with E-state index in [4.69, 9.17) is 4.74 Å². The fourth-order valence-corrected chi connectivity index (χ4v) is 6.14. The molecule has 0 saturated heterocycles. The number of hydrogen-bond acceptors (Lipinski definition) is 5. The van der Waals surface area contributed by atoms with Crippen molar-refractivity contribution >= 4 is 38.0 Å². The molecular weight excluding hydrogens is 508 g/mol. The van der Waals surface area contributed by atoms with Gasteiger partial charge in [0.1, 0.15) is 5.75 Å². The van der Waals surface area contributed by atoms with Gasteiger partial charge in [-0.05, 0) is 85.0 Å². The van der Waals surface area contributed by atoms with Crippen LogP contribution in [-0.2, 0) is 22.9 Å². The van der Waals surface area contributed by atoms with Crippen LogP contribution in [0.15, 0.2) is 91.0 Å². The number of fused-ring (bicyclic) bond motifs is 2. The van der Waals surface area contributed by atoms with Crippen LogP contribution in [-0.4, -0.2) is 32.6 Å². The summed E-state index contributed by atoms with van der Waals surface area (Å²) < 4.78 is 33.7. The van der Waals surface area contributed by atoms with Gasteiger partial charge in [0.25, 0.3) is 0 Å². The molecule has 1 aliphatic rings. The van der Waals surface area contributed by atoms with Crippen LogP contribution in [0.2, 0.25) is 0 Å². The van der Waals surface area contributed by atoms with Gasteiger partial charge in [0, 0.05) is 34.1 Å². The van der Waals surface area contributed by atoms with E-state index >= 15 is 0 Å². The van der Waals surface area contributed by atoms with Crippen molar-refractivity contribution in [2.24, 2.45) is 0 Å². The van der Waals surface area contributed by atoms with Crippen molar-refractivity contribution in [2.75, 3.05) is 17.6 Å². The molecule has 5 rings (SSSR count). The number of ketones is 1. The predicted molar refractivity (Wildman–Crippen MR) is 158 cm³/mol. The molecule has 0 aliphatic carbocycles. The van der Waals surface area contributed by atoms with Crippen molar-refractivity contribution in [3.8, 4) is 5.75 Å². The van der Waals surface area contributed by atoms with Gasteiger partial charge < -0.3 is 10.1 Å². The first-order chi connectivity index (χ1) is 18.6. The normalized spacial score (nSPS) is 15.4. The third kappa shape index (κ3) is 6.15. The Balaban J connectivity index is 1.29. The summed E-state index contributed by atoms with van der Waals surface area (Å²) in [4.78, 5) is 13.2. The minimum Gasteiger partial charge on any atom is -0.497 e. The lowest BCUT2D eigenvalue weighted by molar-refractivity contribution is 0.104. The standard InChI is InChI=1S/C32H32N2O4S/c1-32(2)21-25-13-16-27(38-3)19-29(25)30(33-32)20-31(35)24-11-14-26(15-12-24)34-39(36,37)18-17-23-9-6-8-22-7-4-5-10-28(22)23/h4-16,19-20,33-34H,17-18,21H2,1-3H3. The van der Waals surface area contributed by atoms with E-state index in [0.29, 0.717) is 17.7 Å². The number of nitrogens with one attached hydrogen (secondary N) is 2. The molecule has 0 unspecified atom stereocenters. The molecule has 7 heteroatoms. The van der Waals surface area contributed by atoms with Crippen molar-refractivity contribution in [1.29, 1.82) is 0 Å². The molecule has 0 aromatic heterocycles. The van der Waals surface area contributed by atoms with Gasteiger partial charge in [0.2, 0.25) is 10.0 Å². The van der Waals surface area contributed by atoms with E-state index < -0.39 is 10.0 Å². The maximum absolute atomic E-state index is 13.2. The Morgan fingerprint density at radius 1 is 1.00 bits per heavy atom. The summed E-state index contributed by atoms with van der Waals surface area (Å²) in [5.74, 6) is 0.512. The summed E-state index contributed by atoms with van der Waals surface area (Å²) in [6.45, 7) is 4.19. The molecule has 39 heavy (non-hydrogen) atoms. The second kappa shape index (κ2) is 10.6. The van der Waals surface area contributed by atoms with E-state index in [2.05, 4.69) is 23.9 Å². The second-order valence-corrected chi connectivity index (χ2v) is 12.4. The number of aryl methyl sites for hydroxylation is 1. The van der Waals surface area contributed by atoms with Crippen molar-refractivity contribution < 1.29 is 17.9 Å². The number of benzene rings is 4. The zero-order valence-electron chi connectivity index (χ0n) is 22.3. The SMILES string of the molecule is COc1ccc2c(c1)C(=CC(=O)c1ccc(NS(=O)(=O)CCc3cccc4ccccc34)cc1)NC(C)(C)C2. The Kier molecular flexibility index (Phi) is 7.19. The molecule has 0 fully saturated rings. The Hall–Kier alpha value is -4.10. The van der Waals surface area contributed by atoms with Gasteiger partial charge in [0.05, 0.1) is 12.9 Å². The number of carbonyl (C=O) groups excluding carboxylic acids is 1. The minimum absolute atomic E-state index is 0.0435. The molecule has 4 aromatic rings. The average Bonchev–Trinajstić information content (AvgIpc) is 2.91. The molecule has 0 bridgehead atoms. The van der Waals surface area contributed by atoms with E-state index in [0.717, 1.165) is 45.3 Å². The van der Waals surface area contributed by atoms with Crippen molar-refractivity contribution in [1.82, 2.24) is 5.32 Å². The molecule has 1 aliphatic heterocycles. The highest BCUT2D eigenvalue weighted by Crippen LogP contribution is 2.32. The third-order valence-electron chi connectivity index (χ3n) is 6.95. The highest BCUT2D eigenvalue weighted by molar-refractivity contribution is 7.92. The van der Waals surface area contributed by atoms with E-state index in [1.807, 2.05) is 60.7 Å². The number of methoxy groups -OCH3 is 1. The first-order valence-electron chi connectivity index (χ1n) is 12.9. The van der Waals surface area contributed by atoms with E-state index in [1.54, 1.807) is 37.5 Å². The smallest absolute Gasteiger partial charge is 0.233 e. The van der Waals surface area contributed by atoms with Crippen LogP contribution in [0.4, 0.5) is 5.69 Å². The van der Waals surface area contributed by atoms with E-state index in [-0.39, 0.29) is 17.1 Å². The third-order valence-corrected chi connectivity index (χ3v) is 8.24. The molecule has 0 radical (unpaired) electrons. The summed E-state index contributed by atoms with van der Waals surface area (Å²) in [6.07, 6.45) is 2.83. The fourth-order valence-electron chi connectivity index (χ4n) is 5.06. The van der Waals surface area contributed by atoms with Gasteiger partial charge in [-0.25, -0.2) is 8.42 Å². The lowest BCUT2D eigenvalue weighted by atomic mass is 9.85. The first kappa shape index (κ1) is 26.5. The van der Waals surface area contributed by atoms with Crippen LogP contribution in [0.5, 0.6) is 5.75 Å². The highest BCUT2D eigenvalue weighted by Gasteiger charge is 2.28. The molecule has 2 N–H and O–H groups in total. The summed E-state index contributed by atoms with van der Waals surface area (Å²) >= 11 is 0. The molecule has 200 valence electrons. The minimum atomic E-state index is -3.58. The van der Waals surface area contributed by atoms with Gasteiger partial charge in [-0.3, -0.25) is 9.52 Å². The summed E-state index contributed by atoms with van der Waals surface area (Å²) in [6, 6.07) is 26.3. The number of carbonyl (C=O) groups is 1. The Morgan fingerprint density at radius 2 is 1.74 bits per heavy atom. The molecule has 1 heterocycles. The number of rotatable bonds is 8. The van der Waals surface area contributed by atoms with Crippen LogP contribution < -0.4 is 14.8 Å². The largest absolute Gasteiger partial charge is 0.497 e. The summed E-state index contributed by atoms with van der Waals surface area (Å²) in [5.41, 5.74) is 4.50. The molecule has 0 atom stereocenters. The van der Waals surface area contributed by atoms with Crippen LogP contribution >= 0.6 is 0 Å². The number of sulfonamides is 1. The topological polar surface area (TPSA) is 84.5 Å². The van der Waals surface area contributed by atoms with Crippen LogP contribution in [0.3, 0.4) is 0 Å². The number of allylic oxidation sites excluding steroid dienone is 1. The van der Waals surface area contributed by atoms with Crippen molar-refractivity contribution in [2.45, 2.75) is 32.2 Å². The number of anilines is 1. The van der Waals surface area contributed by atoms with Gasteiger partial charge in [-0.2, -0.15) is 0 Å². The molecule has 4 aromatic carbocycles. The maximum Gasteiger partial charge on any atom is 0.233 e. The summed E-state index contributed by atoms with van der Waals surface area (Å²) in [5, 5.41) is 5.62. The fraction of sp³-hybridized carbons (Fsp3) is 0.219. The zero-order valence-corrected chi connectivity index (χ0v) is 23.1. The van der Waals surface area contributed by atoms with Gasteiger partial charge >= 0.3 is 0 Å². The zero-order chi connectivity index (χ0) is 27.6. The quantitative estimate of drug-likeness (QED) is 0.212. The van der Waals surface area contributed by atoms with Gasteiger partial charge in [0.15, 0.2) is 5.78 Å². The first-order valence-corrected chi connectivity index (χ1v) is 14.6. The average molecular weight is 541 g/mol. The van der Waals surface area contributed by atoms with Crippen molar-refractivity contribution in [3.63, 3.8) is 0 Å². The molecule has 6 nitrogen and oxygen atoms in total. The lowest BCUT2D eigenvalue weighted by Gasteiger charge is -2.35. The van der Waals surface area contributed by atoms with E-state index in [9.17, 15) is 13.2 Å². The maximum atomic E-state index is 13.2. The molecule has 0 spiro atoms. The van der Waals surface area contributed by atoms with Crippen LogP contribution in [0, 0.1) is 0 Å². The second-order valence-electron chi connectivity index (χ2n) is 10.5. The number of hydrogen-bond donors (Lipinski definition) is 2. The van der Waals surface area contributed by atoms with Gasteiger partial charge in [-0.15, -0.1) is 0 Å². The van der Waals surface area contributed by atoms with E-state index in [1.165, 1.54) is 0 Å². The molecular formula is C32H32N2O4S. The lowest BCUT2D eigenvalue weighted by Crippen LogP contribution is -2.43. The molecule has 0 amide bonds. The Morgan fingerprint density at radius 3 is 2.51 bits per heavy atom. The highest BCUT2D eigenvalue weighted by atomic mass is 32.2. The summed E-state index contributed by atoms with van der Waals surface area (Å²) in [7, 11) is -1.96. The monoisotopic (exact) mass is 540 g/mol. The van der Waals surface area contributed by atoms with Gasteiger partial charge in [-0.1, -0.05) is 48.5 Å². The Labute approximate surface area is 229 Å². The van der Waals surface area contributed by atoms with Crippen LogP contribution in [0.1, 0.15) is 40.9 Å². The predicted octanol–water partition coefficient (Wildman–Crippen LogP) is 5.98. The van der Waals surface area contributed by atoms with Crippen molar-refractivity contribution in [3.05, 3.63) is 113 Å². The Bertz CT molecular complexity index is 1670.